The first-order valence-electron chi connectivity index (χ1n) is 5.11. The van der Waals surface area contributed by atoms with Gasteiger partial charge in [0.25, 0.3) is 0 Å². The van der Waals surface area contributed by atoms with Gasteiger partial charge in [-0.2, -0.15) is 0 Å². The molecule has 60 valence electrons. The molecule has 0 spiro atoms. The molecule has 0 amide bonds. The van der Waals surface area contributed by atoms with Crippen molar-refractivity contribution in [2.24, 2.45) is 35.3 Å². The van der Waals surface area contributed by atoms with Gasteiger partial charge in [-0.1, -0.05) is 0 Å². The molecule has 0 aromatic heterocycles. The fraction of sp³-hybridized carbons (Fsp3) is 1.00. The highest BCUT2D eigenvalue weighted by Gasteiger charge is 2.76. The number of rotatable bonds is 0. The molecule has 1 heteroatoms. The molecule has 0 heterocycles. The minimum Gasteiger partial charge on any atom is -0.325 e. The highest BCUT2D eigenvalue weighted by atomic mass is 15.0. The van der Waals surface area contributed by atoms with Crippen LogP contribution in [0.25, 0.3) is 0 Å². The zero-order chi connectivity index (χ0) is 7.22. The summed E-state index contributed by atoms with van der Waals surface area (Å²) in [5, 5.41) is 0. The second kappa shape index (κ2) is 1.28. The molecule has 4 saturated carbocycles. The second-order valence-electron chi connectivity index (χ2n) is 5.27. The van der Waals surface area contributed by atoms with Crippen molar-refractivity contribution in [3.05, 3.63) is 0 Å². The van der Waals surface area contributed by atoms with E-state index in [1.807, 2.05) is 0 Å². The lowest BCUT2D eigenvalue weighted by Gasteiger charge is -2.81. The van der Waals surface area contributed by atoms with Gasteiger partial charge in [0, 0.05) is 5.54 Å². The molecule has 0 aliphatic heterocycles. The summed E-state index contributed by atoms with van der Waals surface area (Å²) < 4.78 is 0. The van der Waals surface area contributed by atoms with E-state index in [0.29, 0.717) is 5.54 Å². The highest BCUT2D eigenvalue weighted by molar-refractivity contribution is 5.29. The molecule has 0 aromatic carbocycles. The van der Waals surface area contributed by atoms with E-state index < -0.39 is 0 Å². The molecule has 4 aliphatic rings. The predicted molar refractivity (Wildman–Crippen MR) is 42.8 cm³/mol. The third-order valence-electron chi connectivity index (χ3n) is 5.42. The van der Waals surface area contributed by atoms with Gasteiger partial charge in [0.2, 0.25) is 0 Å². The van der Waals surface area contributed by atoms with Gasteiger partial charge in [0.1, 0.15) is 0 Å². The summed E-state index contributed by atoms with van der Waals surface area (Å²) in [6.45, 7) is 0. The molecule has 0 bridgehead atoms. The van der Waals surface area contributed by atoms with Crippen LogP contribution >= 0.6 is 0 Å². The standard InChI is InChI=1S/C10H15N/c11-10-4-3-7(10)8-5-1-2-6(5)9(8)10/h5-9H,1-4,11H2. The fourth-order valence-corrected chi connectivity index (χ4v) is 4.68. The van der Waals surface area contributed by atoms with Crippen molar-refractivity contribution in [3.63, 3.8) is 0 Å². The average Bonchev–Trinajstić information content (AvgIpc) is 1.94. The first kappa shape index (κ1) is 5.58. The molecular formula is C10H15N. The molecule has 11 heavy (non-hydrogen) atoms. The minimum atomic E-state index is 0.381. The Labute approximate surface area is 67.3 Å². The molecule has 0 aromatic rings. The van der Waals surface area contributed by atoms with Crippen LogP contribution in [0, 0.1) is 29.6 Å². The van der Waals surface area contributed by atoms with Crippen molar-refractivity contribution < 1.29 is 0 Å². The van der Waals surface area contributed by atoms with Crippen molar-refractivity contribution in [2.45, 2.75) is 31.2 Å². The summed E-state index contributed by atoms with van der Waals surface area (Å²) in [5.74, 6) is 5.35. The Morgan fingerprint density at radius 3 is 2.36 bits per heavy atom. The van der Waals surface area contributed by atoms with E-state index in [4.69, 9.17) is 5.73 Å². The molecule has 2 N–H and O–H groups in total. The van der Waals surface area contributed by atoms with Crippen LogP contribution in [0.2, 0.25) is 0 Å². The molecule has 4 aliphatic carbocycles. The average molecular weight is 149 g/mol. The molecule has 0 saturated heterocycles. The first-order chi connectivity index (χ1) is 5.32. The van der Waals surface area contributed by atoms with E-state index in [1.54, 1.807) is 6.42 Å². The smallest absolute Gasteiger partial charge is 0.0220 e. The van der Waals surface area contributed by atoms with Crippen LogP contribution < -0.4 is 5.73 Å². The molecule has 6 atom stereocenters. The Morgan fingerprint density at radius 2 is 1.91 bits per heavy atom. The van der Waals surface area contributed by atoms with Gasteiger partial charge in [-0.3, -0.25) is 0 Å². The van der Waals surface area contributed by atoms with Gasteiger partial charge in [0.05, 0.1) is 0 Å². The first-order valence-corrected chi connectivity index (χ1v) is 5.11. The highest BCUT2D eigenvalue weighted by Crippen LogP contribution is 2.77. The van der Waals surface area contributed by atoms with Crippen molar-refractivity contribution in [2.75, 3.05) is 0 Å². The van der Waals surface area contributed by atoms with Crippen LogP contribution in [0.3, 0.4) is 0 Å². The predicted octanol–water partition coefficient (Wildman–Crippen LogP) is 1.38. The Bertz CT molecular complexity index is 237. The van der Waals surface area contributed by atoms with Crippen LogP contribution in [0.5, 0.6) is 0 Å². The molecule has 4 fully saturated rings. The van der Waals surface area contributed by atoms with E-state index in [2.05, 4.69) is 0 Å². The Kier molecular flexibility index (Phi) is 0.651. The lowest BCUT2D eigenvalue weighted by molar-refractivity contribution is -0.298. The van der Waals surface area contributed by atoms with Crippen LogP contribution in [-0.2, 0) is 0 Å². The third-order valence-corrected chi connectivity index (χ3v) is 5.42. The van der Waals surface area contributed by atoms with Crippen LogP contribution in [0.1, 0.15) is 25.7 Å². The Balaban J connectivity index is 1.72. The molecule has 4 rings (SSSR count). The van der Waals surface area contributed by atoms with E-state index in [1.165, 1.54) is 19.3 Å². The summed E-state index contributed by atoms with van der Waals surface area (Å²) in [5.41, 5.74) is 6.70. The monoisotopic (exact) mass is 149 g/mol. The van der Waals surface area contributed by atoms with E-state index in [9.17, 15) is 0 Å². The summed E-state index contributed by atoms with van der Waals surface area (Å²) >= 11 is 0. The van der Waals surface area contributed by atoms with Crippen molar-refractivity contribution >= 4 is 0 Å². The van der Waals surface area contributed by atoms with Gasteiger partial charge in [0.15, 0.2) is 0 Å². The SMILES string of the molecule is NC12CCC1C1C3CCC3C12. The van der Waals surface area contributed by atoms with Gasteiger partial charge in [-0.15, -0.1) is 0 Å². The van der Waals surface area contributed by atoms with E-state index in [-0.39, 0.29) is 0 Å². The van der Waals surface area contributed by atoms with Gasteiger partial charge >= 0.3 is 0 Å². The number of fused-ring (bicyclic) bond motifs is 7. The minimum absolute atomic E-state index is 0.381. The van der Waals surface area contributed by atoms with Crippen molar-refractivity contribution in [1.82, 2.24) is 0 Å². The maximum absolute atomic E-state index is 6.32. The van der Waals surface area contributed by atoms with Gasteiger partial charge in [-0.25, -0.2) is 0 Å². The normalized spacial score (nSPS) is 75.5. The lowest BCUT2D eigenvalue weighted by Crippen LogP contribution is -2.84. The molecule has 1 nitrogen and oxygen atoms in total. The van der Waals surface area contributed by atoms with Crippen LogP contribution in [-0.4, -0.2) is 5.54 Å². The molecule has 6 unspecified atom stereocenters. The van der Waals surface area contributed by atoms with E-state index >= 15 is 0 Å². The van der Waals surface area contributed by atoms with Crippen LogP contribution in [0.4, 0.5) is 0 Å². The van der Waals surface area contributed by atoms with Crippen molar-refractivity contribution in [3.8, 4) is 0 Å². The summed E-state index contributed by atoms with van der Waals surface area (Å²) in [7, 11) is 0. The van der Waals surface area contributed by atoms with Crippen molar-refractivity contribution in [1.29, 1.82) is 0 Å². The second-order valence-corrected chi connectivity index (χ2v) is 5.27. The Morgan fingerprint density at radius 1 is 1.09 bits per heavy atom. The van der Waals surface area contributed by atoms with Gasteiger partial charge < -0.3 is 5.73 Å². The van der Waals surface area contributed by atoms with Crippen LogP contribution in [0.15, 0.2) is 0 Å². The van der Waals surface area contributed by atoms with Gasteiger partial charge in [-0.05, 0) is 55.3 Å². The number of hydrogen-bond acceptors (Lipinski definition) is 1. The topological polar surface area (TPSA) is 26.0 Å². The third kappa shape index (κ3) is 0.342. The molecule has 0 radical (unpaired) electrons. The van der Waals surface area contributed by atoms with E-state index in [0.717, 1.165) is 29.6 Å². The maximum Gasteiger partial charge on any atom is 0.0220 e. The maximum atomic E-state index is 6.32. The largest absolute Gasteiger partial charge is 0.325 e. The summed E-state index contributed by atoms with van der Waals surface area (Å²) in [6, 6.07) is 0. The number of nitrogens with two attached hydrogens (primary N) is 1. The zero-order valence-electron chi connectivity index (χ0n) is 6.79. The Hall–Kier alpha value is -0.0400. The quantitative estimate of drug-likeness (QED) is 0.553. The lowest BCUT2D eigenvalue weighted by atomic mass is 9.25. The summed E-state index contributed by atoms with van der Waals surface area (Å²) in [6.07, 6.45) is 5.86. The molecular weight excluding hydrogens is 134 g/mol. The number of hydrogen-bond donors (Lipinski definition) is 1. The zero-order valence-corrected chi connectivity index (χ0v) is 6.79. The summed E-state index contributed by atoms with van der Waals surface area (Å²) in [4.78, 5) is 0. The fourth-order valence-electron chi connectivity index (χ4n) is 4.68.